The van der Waals surface area contributed by atoms with Crippen LogP contribution in [0.2, 0.25) is 0 Å². The number of amides is 5. The van der Waals surface area contributed by atoms with E-state index in [1.165, 1.54) is 23.9 Å². The molecular formula is C48H49F5N10O5. The number of anilines is 5. The van der Waals surface area contributed by atoms with Crippen molar-refractivity contribution in [3.63, 3.8) is 0 Å². The second kappa shape index (κ2) is 18.8. The minimum atomic E-state index is -4.73. The van der Waals surface area contributed by atoms with E-state index in [9.17, 15) is 32.3 Å². The second-order valence-electron chi connectivity index (χ2n) is 17.4. The van der Waals surface area contributed by atoms with Gasteiger partial charge in [0.15, 0.2) is 11.6 Å². The number of imide groups is 1. The van der Waals surface area contributed by atoms with Gasteiger partial charge in [-0.2, -0.15) is 18.3 Å². The maximum absolute atomic E-state index is 15.9. The van der Waals surface area contributed by atoms with E-state index >= 15 is 8.78 Å². The van der Waals surface area contributed by atoms with E-state index in [-0.39, 0.29) is 52.3 Å². The van der Waals surface area contributed by atoms with Crippen LogP contribution in [0, 0.1) is 17.6 Å². The van der Waals surface area contributed by atoms with Crippen LogP contribution in [0.3, 0.4) is 0 Å². The van der Waals surface area contributed by atoms with Gasteiger partial charge in [-0.3, -0.25) is 29.5 Å². The highest BCUT2D eigenvalue weighted by atomic mass is 19.4. The van der Waals surface area contributed by atoms with Gasteiger partial charge in [0.05, 0.1) is 18.2 Å². The van der Waals surface area contributed by atoms with Gasteiger partial charge in [-0.15, -0.1) is 0 Å². The highest BCUT2D eigenvalue weighted by molar-refractivity contribution is 6.06. The number of benzene rings is 4. The maximum atomic E-state index is 15.9. The molecule has 5 N–H and O–H groups in total. The summed E-state index contributed by atoms with van der Waals surface area (Å²) in [7, 11) is 1.18. The summed E-state index contributed by atoms with van der Waals surface area (Å²) >= 11 is 0. The quantitative estimate of drug-likeness (QED) is 0.105. The molecule has 4 aliphatic heterocycles. The van der Waals surface area contributed by atoms with Crippen molar-refractivity contribution in [2.45, 2.75) is 44.9 Å². The summed E-state index contributed by atoms with van der Waals surface area (Å²) in [4.78, 5) is 58.5. The van der Waals surface area contributed by atoms with Crippen LogP contribution in [-0.4, -0.2) is 97.9 Å². The fraction of sp³-hybridized carbons (Fsp3) is 0.354. The van der Waals surface area contributed by atoms with Crippen LogP contribution in [0.25, 0.3) is 11.3 Å². The third-order valence-corrected chi connectivity index (χ3v) is 13.2. The minimum absolute atomic E-state index is 0.140. The second-order valence-corrected chi connectivity index (χ2v) is 17.4. The first-order valence-electron chi connectivity index (χ1n) is 22.4. The van der Waals surface area contributed by atoms with Crippen molar-refractivity contribution in [2.24, 2.45) is 11.7 Å². The number of halogens is 5. The number of carbonyl (C=O) groups excluding carboxylic acids is 4. The molecular weight excluding hydrogens is 892 g/mol. The van der Waals surface area contributed by atoms with E-state index in [0.717, 1.165) is 93.4 Å². The first kappa shape index (κ1) is 45.9. The Morgan fingerprint density at radius 1 is 0.809 bits per heavy atom. The monoisotopic (exact) mass is 940 g/mol. The molecule has 5 aromatic rings. The fourth-order valence-electron chi connectivity index (χ4n) is 9.45. The predicted octanol–water partition coefficient (Wildman–Crippen LogP) is 6.67. The van der Waals surface area contributed by atoms with Gasteiger partial charge < -0.3 is 30.9 Å². The molecule has 0 bridgehead atoms. The highest BCUT2D eigenvalue weighted by Crippen LogP contribution is 2.38. The normalized spacial score (nSPS) is 16.9. The largest absolute Gasteiger partial charge is 0.496 e. The molecule has 68 heavy (non-hydrogen) atoms. The molecule has 0 atom stereocenters. The Hall–Kier alpha value is -7.22. The lowest BCUT2D eigenvalue weighted by molar-refractivity contribution is -0.137. The van der Waals surface area contributed by atoms with Gasteiger partial charge in [-0.25, -0.2) is 18.3 Å². The molecule has 5 amide bonds. The van der Waals surface area contributed by atoms with Gasteiger partial charge in [-0.1, -0.05) is 6.07 Å². The van der Waals surface area contributed by atoms with Crippen molar-refractivity contribution in [3.05, 3.63) is 112 Å². The lowest BCUT2D eigenvalue weighted by Crippen LogP contribution is -2.49. The number of methoxy groups -OCH3 is 1. The average Bonchev–Trinajstić information content (AvgIpc) is 3.59. The summed E-state index contributed by atoms with van der Waals surface area (Å²) in [5, 5.41) is 12.5. The molecule has 0 saturated carbocycles. The van der Waals surface area contributed by atoms with Crippen molar-refractivity contribution in [1.29, 1.82) is 0 Å². The lowest BCUT2D eigenvalue weighted by atomic mass is 9.95. The van der Waals surface area contributed by atoms with Crippen LogP contribution in [0.5, 0.6) is 5.75 Å². The van der Waals surface area contributed by atoms with E-state index in [0.29, 0.717) is 37.2 Å². The summed E-state index contributed by atoms with van der Waals surface area (Å²) < 4.78 is 78.0. The van der Waals surface area contributed by atoms with E-state index in [1.54, 1.807) is 4.90 Å². The molecule has 0 aliphatic carbocycles. The van der Waals surface area contributed by atoms with Gasteiger partial charge in [0.25, 0.3) is 11.8 Å². The summed E-state index contributed by atoms with van der Waals surface area (Å²) in [5.74, 6) is -4.20. The number of hydrogen-bond acceptors (Lipinski definition) is 10. The number of aromatic nitrogens is 2. The molecule has 5 heterocycles. The highest BCUT2D eigenvalue weighted by Gasteiger charge is 2.33. The van der Waals surface area contributed by atoms with Crippen molar-refractivity contribution >= 4 is 52.3 Å². The number of nitrogens with one attached hydrogen (secondary N) is 3. The molecule has 356 valence electrons. The smallest absolute Gasteiger partial charge is 0.416 e. The number of fused-ring (bicyclic) bond motifs is 2. The van der Waals surface area contributed by atoms with Gasteiger partial charge in [0.2, 0.25) is 5.91 Å². The number of rotatable bonds is 11. The van der Waals surface area contributed by atoms with Gasteiger partial charge in [0, 0.05) is 106 Å². The molecule has 20 heteroatoms. The Balaban J connectivity index is 0.798. The zero-order valence-corrected chi connectivity index (χ0v) is 37.1. The van der Waals surface area contributed by atoms with Gasteiger partial charge in [-0.05, 0) is 97.5 Å². The SMILES string of the molecule is COc1ccc(C(F)(F)F)cc1C(=O)NCc1ccc(-c2nn3c(c2C(N)=O)Nc2ccc(N4CCN(CC5CCN(c6ccc(N7CCC(=O)NC7=O)cc6)CC5)CC4)cc2CC3)c(F)c1F. The van der Waals surface area contributed by atoms with Crippen LogP contribution >= 0.6 is 0 Å². The van der Waals surface area contributed by atoms with E-state index < -0.39 is 47.3 Å². The van der Waals surface area contributed by atoms with Crippen LogP contribution in [0.15, 0.2) is 72.8 Å². The molecule has 9 rings (SSSR count). The number of nitrogens with two attached hydrogens (primary N) is 1. The van der Waals surface area contributed by atoms with Crippen LogP contribution in [-0.2, 0) is 30.5 Å². The Labute approximate surface area is 388 Å². The van der Waals surface area contributed by atoms with Crippen LogP contribution < -0.4 is 41.1 Å². The average molecular weight is 941 g/mol. The molecule has 0 unspecified atom stereocenters. The number of carbonyl (C=O) groups is 4. The van der Waals surface area contributed by atoms with E-state index in [2.05, 4.69) is 41.8 Å². The van der Waals surface area contributed by atoms with Crippen molar-refractivity contribution < 1.29 is 45.9 Å². The molecule has 4 aliphatic rings. The lowest BCUT2D eigenvalue weighted by Gasteiger charge is -2.40. The zero-order valence-electron chi connectivity index (χ0n) is 37.1. The summed E-state index contributed by atoms with van der Waals surface area (Å²) in [5.41, 5.74) is 8.01. The number of ether oxygens (including phenoxy) is 1. The standard InChI is InChI=1S/C48H49F5N10O5/c1-68-38-11-3-31(48(51,52)53)25-36(38)46(66)55-26-30-2-9-35(42(50)41(30)49)43-40(44(54)65)45-56-37-10-8-34(24-29(37)14-19-63(45)58-43)61-22-20-59(21-23-61)27-28-12-16-60(17-13-28)32-4-6-33(7-5-32)62-18-15-39(64)57-47(62)67/h2-11,24-25,28,56H,12-23,26-27H2,1H3,(H2,54,65)(H,55,66)(H,57,64,67). The van der Waals surface area contributed by atoms with E-state index in [1.807, 2.05) is 36.4 Å². The number of piperazine rings is 1. The van der Waals surface area contributed by atoms with Gasteiger partial charge >= 0.3 is 12.2 Å². The zero-order chi connectivity index (χ0) is 47.9. The van der Waals surface area contributed by atoms with Crippen molar-refractivity contribution in [1.82, 2.24) is 25.3 Å². The Kier molecular flexibility index (Phi) is 12.7. The number of aryl methyl sites for hydroxylation is 2. The fourth-order valence-corrected chi connectivity index (χ4v) is 9.45. The molecule has 3 saturated heterocycles. The van der Waals surface area contributed by atoms with Crippen molar-refractivity contribution in [2.75, 3.05) is 79.5 Å². The summed E-state index contributed by atoms with van der Waals surface area (Å²) in [6.45, 7) is 6.60. The molecule has 0 spiro atoms. The maximum Gasteiger partial charge on any atom is 0.416 e. The summed E-state index contributed by atoms with van der Waals surface area (Å²) in [6, 6.07) is 18.4. The predicted molar refractivity (Wildman–Crippen MR) is 244 cm³/mol. The van der Waals surface area contributed by atoms with Crippen LogP contribution in [0.4, 0.5) is 55.3 Å². The Morgan fingerprint density at radius 3 is 2.21 bits per heavy atom. The number of primary amides is 1. The Morgan fingerprint density at radius 2 is 1.51 bits per heavy atom. The van der Waals surface area contributed by atoms with Crippen LogP contribution in [0.1, 0.15) is 56.7 Å². The molecule has 4 aromatic carbocycles. The third kappa shape index (κ3) is 9.36. The number of alkyl halides is 3. The number of urea groups is 1. The molecule has 1 aromatic heterocycles. The molecule has 0 radical (unpaired) electrons. The third-order valence-electron chi connectivity index (χ3n) is 13.2. The minimum Gasteiger partial charge on any atom is -0.496 e. The first-order valence-corrected chi connectivity index (χ1v) is 22.4. The number of piperidine rings is 1. The number of nitrogens with zero attached hydrogens (tertiary/aromatic N) is 6. The summed E-state index contributed by atoms with van der Waals surface area (Å²) in [6.07, 6.45) is -1.77. The Bertz CT molecular complexity index is 2770. The topological polar surface area (TPSA) is 170 Å². The first-order chi connectivity index (χ1) is 32.6. The van der Waals surface area contributed by atoms with Gasteiger partial charge in [0.1, 0.15) is 22.8 Å². The number of hydrogen-bond donors (Lipinski definition) is 4. The molecule has 15 nitrogen and oxygen atoms in total. The van der Waals surface area contributed by atoms with Crippen molar-refractivity contribution in [3.8, 4) is 17.0 Å². The van der Waals surface area contributed by atoms with E-state index in [4.69, 9.17) is 10.5 Å². The molecule has 3 fully saturated rings.